The quantitative estimate of drug-likeness (QED) is 0.479. The van der Waals surface area contributed by atoms with Crippen molar-refractivity contribution in [3.05, 3.63) is 37.9 Å². The van der Waals surface area contributed by atoms with Gasteiger partial charge in [-0.1, -0.05) is 23.2 Å². The third-order valence-corrected chi connectivity index (χ3v) is 3.19. The van der Waals surface area contributed by atoms with E-state index >= 15 is 0 Å². The van der Waals surface area contributed by atoms with Gasteiger partial charge in [-0.25, -0.2) is 0 Å². The first-order valence-electron chi connectivity index (χ1n) is 5.59. The smallest absolute Gasteiger partial charge is 0.271 e. The van der Waals surface area contributed by atoms with E-state index < -0.39 is 10.8 Å². The van der Waals surface area contributed by atoms with Gasteiger partial charge in [0.1, 0.15) is 0 Å². The van der Waals surface area contributed by atoms with Gasteiger partial charge in [0.15, 0.2) is 0 Å². The van der Waals surface area contributed by atoms with Crippen molar-refractivity contribution in [1.82, 2.24) is 5.32 Å². The summed E-state index contributed by atoms with van der Waals surface area (Å²) >= 11 is 11.6. The second kappa shape index (κ2) is 7.28. The van der Waals surface area contributed by atoms with Gasteiger partial charge in [-0.15, -0.1) is 0 Å². The van der Waals surface area contributed by atoms with E-state index in [1.54, 1.807) is 0 Å². The number of nitrogens with two attached hydrogens (primary N) is 1. The highest BCUT2D eigenvalue weighted by atomic mass is 35.5. The first-order valence-corrected chi connectivity index (χ1v) is 6.34. The topological polar surface area (TPSA) is 98.3 Å². The molecule has 0 bridgehead atoms. The maximum Gasteiger partial charge on any atom is 0.271 e. The number of unbranched alkanes of at least 4 members (excludes halogenated alkanes) is 1. The number of rotatable bonds is 6. The number of carbonyl (C=O) groups excluding carboxylic acids is 1. The molecule has 1 rings (SSSR count). The van der Waals surface area contributed by atoms with Crippen LogP contribution in [0.15, 0.2) is 12.1 Å². The number of nitro benzene ring substituents is 1. The molecular weight excluding hydrogens is 293 g/mol. The third kappa shape index (κ3) is 4.34. The maximum absolute atomic E-state index is 11.8. The van der Waals surface area contributed by atoms with Gasteiger partial charge in [-0.3, -0.25) is 14.9 Å². The van der Waals surface area contributed by atoms with Crippen molar-refractivity contribution in [2.45, 2.75) is 12.8 Å². The number of nitrogens with one attached hydrogen (secondary N) is 1. The number of amides is 1. The van der Waals surface area contributed by atoms with Crippen LogP contribution in [0.5, 0.6) is 0 Å². The van der Waals surface area contributed by atoms with Gasteiger partial charge in [0.05, 0.1) is 20.5 Å². The zero-order valence-corrected chi connectivity index (χ0v) is 11.5. The van der Waals surface area contributed by atoms with E-state index in [1.165, 1.54) is 0 Å². The number of carbonyl (C=O) groups is 1. The molecule has 6 nitrogen and oxygen atoms in total. The SMILES string of the molecule is NCCCCNC(=O)c1cc([N+](=O)[O-])cc(Cl)c1Cl. The van der Waals surface area contributed by atoms with Crippen molar-refractivity contribution >= 4 is 34.8 Å². The Morgan fingerprint density at radius 1 is 1.37 bits per heavy atom. The molecule has 19 heavy (non-hydrogen) atoms. The Morgan fingerprint density at radius 2 is 2.05 bits per heavy atom. The number of nitro groups is 1. The zero-order chi connectivity index (χ0) is 14.4. The zero-order valence-electron chi connectivity index (χ0n) is 9.99. The Kier molecular flexibility index (Phi) is 6.01. The standard InChI is InChI=1S/C11H13Cl2N3O3/c12-9-6-7(16(18)19)5-8(10(9)13)11(17)15-4-2-1-3-14/h5-6H,1-4,14H2,(H,15,17). The normalized spacial score (nSPS) is 10.3. The summed E-state index contributed by atoms with van der Waals surface area (Å²) in [6.45, 7) is 0.964. The molecule has 0 fully saturated rings. The molecule has 1 aromatic rings. The van der Waals surface area contributed by atoms with Crippen molar-refractivity contribution in [3.8, 4) is 0 Å². The summed E-state index contributed by atoms with van der Waals surface area (Å²) in [5.41, 5.74) is 5.05. The van der Waals surface area contributed by atoms with Gasteiger partial charge < -0.3 is 11.1 Å². The molecule has 104 valence electrons. The molecule has 1 amide bonds. The van der Waals surface area contributed by atoms with Gasteiger partial charge in [0.2, 0.25) is 0 Å². The van der Waals surface area contributed by atoms with Crippen LogP contribution in [0.1, 0.15) is 23.2 Å². The fraction of sp³-hybridized carbons (Fsp3) is 0.364. The molecule has 0 radical (unpaired) electrons. The summed E-state index contributed by atoms with van der Waals surface area (Å²) in [7, 11) is 0. The van der Waals surface area contributed by atoms with Crippen molar-refractivity contribution in [1.29, 1.82) is 0 Å². The number of halogens is 2. The highest BCUT2D eigenvalue weighted by molar-refractivity contribution is 6.44. The Balaban J connectivity index is 2.86. The summed E-state index contributed by atoms with van der Waals surface area (Å²) in [5.74, 6) is -0.493. The minimum absolute atomic E-state index is 0.00333. The second-order valence-corrected chi connectivity index (χ2v) is 4.58. The van der Waals surface area contributed by atoms with Crippen molar-refractivity contribution in [2.24, 2.45) is 5.73 Å². The molecule has 0 saturated heterocycles. The Labute approximate surface area is 120 Å². The van der Waals surface area contributed by atoms with E-state index in [2.05, 4.69) is 5.32 Å². The third-order valence-electron chi connectivity index (χ3n) is 2.38. The first-order chi connectivity index (χ1) is 8.97. The number of nitrogens with zero attached hydrogens (tertiary/aromatic N) is 1. The Bertz CT molecular complexity index is 494. The molecule has 0 saturated carbocycles. The summed E-state index contributed by atoms with van der Waals surface area (Å²) in [6, 6.07) is 2.21. The van der Waals surface area contributed by atoms with Crippen LogP contribution in [0.4, 0.5) is 5.69 Å². The average molecular weight is 306 g/mol. The lowest BCUT2D eigenvalue weighted by molar-refractivity contribution is -0.384. The largest absolute Gasteiger partial charge is 0.352 e. The number of non-ortho nitro benzene ring substituents is 1. The van der Waals surface area contributed by atoms with Crippen LogP contribution in [0.3, 0.4) is 0 Å². The minimum atomic E-state index is -0.632. The van der Waals surface area contributed by atoms with Crippen LogP contribution in [0.2, 0.25) is 10.0 Å². The van der Waals surface area contributed by atoms with E-state index in [1.807, 2.05) is 0 Å². The van der Waals surface area contributed by atoms with Gasteiger partial charge in [-0.05, 0) is 19.4 Å². The van der Waals surface area contributed by atoms with E-state index in [-0.39, 0.29) is 21.3 Å². The molecule has 0 aliphatic rings. The lowest BCUT2D eigenvalue weighted by Crippen LogP contribution is -2.25. The first kappa shape index (κ1) is 15.7. The fourth-order valence-corrected chi connectivity index (χ4v) is 1.82. The monoisotopic (exact) mass is 305 g/mol. The molecule has 0 heterocycles. The predicted octanol–water partition coefficient (Wildman–Crippen LogP) is 2.37. The fourth-order valence-electron chi connectivity index (χ4n) is 1.41. The number of hydrogen-bond donors (Lipinski definition) is 2. The summed E-state index contributed by atoms with van der Waals surface area (Å²) in [6.07, 6.45) is 1.51. The molecule has 3 N–H and O–H groups in total. The van der Waals surface area contributed by atoms with Gasteiger partial charge in [0, 0.05) is 18.7 Å². The molecule has 0 aromatic heterocycles. The molecule has 8 heteroatoms. The summed E-state index contributed by atoms with van der Waals surface area (Å²) in [5, 5.41) is 13.3. The number of hydrogen-bond acceptors (Lipinski definition) is 4. The van der Waals surface area contributed by atoms with Crippen LogP contribution in [0.25, 0.3) is 0 Å². The predicted molar refractivity (Wildman–Crippen MR) is 73.7 cm³/mol. The van der Waals surface area contributed by atoms with Gasteiger partial charge in [-0.2, -0.15) is 0 Å². The van der Waals surface area contributed by atoms with E-state index in [9.17, 15) is 14.9 Å². The highest BCUT2D eigenvalue weighted by Gasteiger charge is 2.19. The lowest BCUT2D eigenvalue weighted by atomic mass is 10.2. The van der Waals surface area contributed by atoms with Crippen LogP contribution in [0, 0.1) is 10.1 Å². The van der Waals surface area contributed by atoms with Crippen LogP contribution >= 0.6 is 23.2 Å². The Morgan fingerprint density at radius 3 is 2.63 bits per heavy atom. The van der Waals surface area contributed by atoms with Crippen molar-refractivity contribution in [3.63, 3.8) is 0 Å². The van der Waals surface area contributed by atoms with Gasteiger partial charge in [0.25, 0.3) is 11.6 Å². The Hall–Kier alpha value is -1.37. The lowest BCUT2D eigenvalue weighted by Gasteiger charge is -2.07. The molecule has 0 aliphatic carbocycles. The molecular formula is C11H13Cl2N3O3. The van der Waals surface area contributed by atoms with Crippen LogP contribution in [-0.2, 0) is 0 Å². The number of benzene rings is 1. The van der Waals surface area contributed by atoms with E-state index in [4.69, 9.17) is 28.9 Å². The minimum Gasteiger partial charge on any atom is -0.352 e. The molecule has 0 aliphatic heterocycles. The maximum atomic E-state index is 11.8. The van der Waals surface area contributed by atoms with Crippen molar-refractivity contribution in [2.75, 3.05) is 13.1 Å². The summed E-state index contributed by atoms with van der Waals surface area (Å²) in [4.78, 5) is 21.9. The molecule has 1 aromatic carbocycles. The average Bonchev–Trinajstić information content (AvgIpc) is 2.37. The molecule has 0 unspecified atom stereocenters. The van der Waals surface area contributed by atoms with Gasteiger partial charge >= 0.3 is 0 Å². The highest BCUT2D eigenvalue weighted by Crippen LogP contribution is 2.30. The second-order valence-electron chi connectivity index (χ2n) is 3.80. The van der Waals surface area contributed by atoms with Crippen molar-refractivity contribution < 1.29 is 9.72 Å². The molecule has 0 spiro atoms. The molecule has 0 atom stereocenters. The van der Waals surface area contributed by atoms with E-state index in [0.717, 1.165) is 25.0 Å². The summed E-state index contributed by atoms with van der Waals surface area (Å²) < 4.78 is 0. The van der Waals surface area contributed by atoms with Crippen LogP contribution in [-0.4, -0.2) is 23.9 Å². The van der Waals surface area contributed by atoms with E-state index in [0.29, 0.717) is 13.1 Å². The van der Waals surface area contributed by atoms with Crippen LogP contribution < -0.4 is 11.1 Å².